The van der Waals surface area contributed by atoms with Crippen LogP contribution >= 0.6 is 0 Å². The molecule has 14 heavy (non-hydrogen) atoms. The van der Waals surface area contributed by atoms with Crippen LogP contribution in [-0.4, -0.2) is 23.9 Å². The highest BCUT2D eigenvalue weighted by atomic mass is 16.2. The summed E-state index contributed by atoms with van der Waals surface area (Å²) in [5, 5.41) is 2.36. The lowest BCUT2D eigenvalue weighted by atomic mass is 9.83. The summed E-state index contributed by atoms with van der Waals surface area (Å²) in [5.41, 5.74) is 0.872. The lowest BCUT2D eigenvalue weighted by Gasteiger charge is -2.36. The Balaban J connectivity index is 2.32. The normalized spacial score (nSPS) is 32.1. The third-order valence-corrected chi connectivity index (χ3v) is 2.96. The molecule has 0 spiro atoms. The topological polar surface area (TPSA) is 49.4 Å². The summed E-state index contributed by atoms with van der Waals surface area (Å²) < 4.78 is 0. The van der Waals surface area contributed by atoms with Crippen LogP contribution in [-0.2, 0) is 4.79 Å². The summed E-state index contributed by atoms with van der Waals surface area (Å²) >= 11 is 0. The van der Waals surface area contributed by atoms with Crippen LogP contribution in [0.2, 0.25) is 0 Å². The Morgan fingerprint density at radius 3 is 2.93 bits per heavy atom. The highest BCUT2D eigenvalue weighted by molar-refractivity contribution is 6.00. The number of imide groups is 1. The van der Waals surface area contributed by atoms with E-state index in [1.807, 2.05) is 6.08 Å². The molecule has 2 atom stereocenters. The number of hydrogen-bond donors (Lipinski definition) is 1. The fraction of sp³-hybridized carbons (Fsp3) is 0.600. The van der Waals surface area contributed by atoms with Crippen LogP contribution in [0, 0.1) is 11.8 Å². The molecule has 0 aromatic carbocycles. The average molecular weight is 194 g/mol. The van der Waals surface area contributed by atoms with E-state index >= 15 is 0 Å². The second-order valence-electron chi connectivity index (χ2n) is 4.11. The molecule has 1 saturated heterocycles. The maximum Gasteiger partial charge on any atom is 0.328 e. The van der Waals surface area contributed by atoms with Crippen molar-refractivity contribution >= 4 is 11.9 Å². The van der Waals surface area contributed by atoms with E-state index in [0.717, 1.165) is 18.5 Å². The van der Waals surface area contributed by atoms with Gasteiger partial charge in [0.05, 0.1) is 5.92 Å². The number of fused-ring (bicyclic) bond motifs is 1. The average Bonchev–Trinajstić information content (AvgIpc) is 2.14. The van der Waals surface area contributed by atoms with Crippen LogP contribution in [0.4, 0.5) is 4.79 Å². The molecule has 2 rings (SSSR count). The number of nitrogens with one attached hydrogen (secondary N) is 1. The monoisotopic (exact) mass is 194 g/mol. The SMILES string of the molecule is CC1CC=C2C(C1)C(=O)NC(=O)N2C. The lowest BCUT2D eigenvalue weighted by Crippen LogP contribution is -2.52. The molecule has 2 aliphatic rings. The lowest BCUT2D eigenvalue weighted by molar-refractivity contribution is -0.125. The molecule has 1 aliphatic carbocycles. The zero-order chi connectivity index (χ0) is 10.3. The van der Waals surface area contributed by atoms with Gasteiger partial charge in [-0.25, -0.2) is 4.79 Å². The Morgan fingerprint density at radius 1 is 1.50 bits per heavy atom. The third kappa shape index (κ3) is 1.31. The van der Waals surface area contributed by atoms with Gasteiger partial charge < -0.3 is 4.90 Å². The second kappa shape index (κ2) is 3.12. The van der Waals surface area contributed by atoms with Crippen LogP contribution in [0.5, 0.6) is 0 Å². The van der Waals surface area contributed by atoms with E-state index in [4.69, 9.17) is 0 Å². The first-order valence-corrected chi connectivity index (χ1v) is 4.88. The van der Waals surface area contributed by atoms with Crippen molar-refractivity contribution in [3.05, 3.63) is 11.8 Å². The Morgan fingerprint density at radius 2 is 2.21 bits per heavy atom. The van der Waals surface area contributed by atoms with Gasteiger partial charge in [0, 0.05) is 12.7 Å². The molecule has 4 heteroatoms. The van der Waals surface area contributed by atoms with Crippen molar-refractivity contribution in [1.82, 2.24) is 10.2 Å². The van der Waals surface area contributed by atoms with Crippen LogP contribution in [0.1, 0.15) is 19.8 Å². The van der Waals surface area contributed by atoms with Gasteiger partial charge >= 0.3 is 6.03 Å². The fourth-order valence-electron chi connectivity index (χ4n) is 2.09. The fourth-order valence-corrected chi connectivity index (χ4v) is 2.09. The minimum atomic E-state index is -0.313. The first-order chi connectivity index (χ1) is 6.59. The van der Waals surface area contributed by atoms with Gasteiger partial charge in [-0.15, -0.1) is 0 Å². The molecule has 2 unspecified atom stereocenters. The van der Waals surface area contributed by atoms with Gasteiger partial charge in [-0.1, -0.05) is 13.0 Å². The minimum absolute atomic E-state index is 0.124. The van der Waals surface area contributed by atoms with Crippen LogP contribution in [0.15, 0.2) is 11.8 Å². The van der Waals surface area contributed by atoms with E-state index in [1.54, 1.807) is 7.05 Å². The number of rotatable bonds is 0. The van der Waals surface area contributed by atoms with E-state index < -0.39 is 0 Å². The molecule has 1 aliphatic heterocycles. The second-order valence-corrected chi connectivity index (χ2v) is 4.11. The predicted octanol–water partition coefficient (Wildman–Crippen LogP) is 1.10. The molecule has 1 heterocycles. The Kier molecular flexibility index (Phi) is 2.06. The molecule has 1 N–H and O–H groups in total. The number of allylic oxidation sites excluding steroid dienone is 1. The van der Waals surface area contributed by atoms with E-state index in [2.05, 4.69) is 12.2 Å². The maximum atomic E-state index is 11.5. The van der Waals surface area contributed by atoms with Gasteiger partial charge in [0.2, 0.25) is 5.91 Å². The van der Waals surface area contributed by atoms with Gasteiger partial charge in [0.15, 0.2) is 0 Å². The molecule has 76 valence electrons. The minimum Gasteiger partial charge on any atom is -0.301 e. The summed E-state index contributed by atoms with van der Waals surface area (Å²) in [5.74, 6) is 0.253. The van der Waals surface area contributed by atoms with Gasteiger partial charge in [0.25, 0.3) is 0 Å². The summed E-state index contributed by atoms with van der Waals surface area (Å²) in [6.07, 6.45) is 3.81. The molecule has 1 fully saturated rings. The highest BCUT2D eigenvalue weighted by Gasteiger charge is 2.37. The smallest absolute Gasteiger partial charge is 0.301 e. The molecule has 3 amide bonds. The number of amides is 3. The van der Waals surface area contributed by atoms with Gasteiger partial charge in [-0.05, 0) is 18.8 Å². The zero-order valence-corrected chi connectivity index (χ0v) is 8.41. The number of nitrogens with zero attached hydrogens (tertiary/aromatic N) is 1. The molecule has 0 radical (unpaired) electrons. The highest BCUT2D eigenvalue weighted by Crippen LogP contribution is 2.32. The van der Waals surface area contributed by atoms with Gasteiger partial charge in [0.1, 0.15) is 0 Å². The summed E-state index contributed by atoms with van der Waals surface area (Å²) in [6, 6.07) is -0.313. The predicted molar refractivity (Wildman–Crippen MR) is 51.3 cm³/mol. The summed E-state index contributed by atoms with van der Waals surface area (Å²) in [6.45, 7) is 2.12. The van der Waals surface area contributed by atoms with Crippen LogP contribution in [0.3, 0.4) is 0 Å². The number of urea groups is 1. The largest absolute Gasteiger partial charge is 0.328 e. The molecule has 0 aromatic rings. The quantitative estimate of drug-likeness (QED) is 0.627. The Labute approximate surface area is 83.0 Å². The Bertz CT molecular complexity index is 322. The molecular formula is C10H14N2O2. The zero-order valence-electron chi connectivity index (χ0n) is 8.41. The van der Waals surface area contributed by atoms with Crippen LogP contribution < -0.4 is 5.32 Å². The van der Waals surface area contributed by atoms with Crippen molar-refractivity contribution in [2.75, 3.05) is 7.05 Å². The van der Waals surface area contributed by atoms with Crippen molar-refractivity contribution in [3.63, 3.8) is 0 Å². The maximum absolute atomic E-state index is 11.5. The van der Waals surface area contributed by atoms with Crippen molar-refractivity contribution < 1.29 is 9.59 Å². The summed E-state index contributed by atoms with van der Waals surface area (Å²) in [7, 11) is 1.70. The van der Waals surface area contributed by atoms with E-state index in [0.29, 0.717) is 5.92 Å². The first kappa shape index (κ1) is 9.24. The number of carbonyl (C=O) groups is 2. The van der Waals surface area contributed by atoms with E-state index in [9.17, 15) is 9.59 Å². The summed E-state index contributed by atoms with van der Waals surface area (Å²) in [4.78, 5) is 24.4. The van der Waals surface area contributed by atoms with E-state index in [1.165, 1.54) is 4.90 Å². The molecule has 0 aromatic heterocycles. The van der Waals surface area contributed by atoms with Crippen molar-refractivity contribution in [1.29, 1.82) is 0 Å². The molecule has 0 bridgehead atoms. The molecule has 4 nitrogen and oxygen atoms in total. The van der Waals surface area contributed by atoms with E-state index in [-0.39, 0.29) is 17.9 Å². The molecular weight excluding hydrogens is 180 g/mol. The van der Waals surface area contributed by atoms with Crippen molar-refractivity contribution in [3.8, 4) is 0 Å². The van der Waals surface area contributed by atoms with Crippen molar-refractivity contribution in [2.45, 2.75) is 19.8 Å². The third-order valence-electron chi connectivity index (χ3n) is 2.96. The van der Waals surface area contributed by atoms with Crippen LogP contribution in [0.25, 0.3) is 0 Å². The standard InChI is InChI=1S/C10H14N2O2/c1-6-3-4-8-7(5-6)9(13)11-10(14)12(8)2/h4,6-7H,3,5H2,1-2H3,(H,11,13,14). The van der Waals surface area contributed by atoms with Crippen molar-refractivity contribution in [2.24, 2.45) is 11.8 Å². The number of hydrogen-bond acceptors (Lipinski definition) is 2. The van der Waals surface area contributed by atoms with Gasteiger partial charge in [-0.2, -0.15) is 0 Å². The Hall–Kier alpha value is -1.32. The van der Waals surface area contributed by atoms with Gasteiger partial charge in [-0.3, -0.25) is 10.1 Å². The first-order valence-electron chi connectivity index (χ1n) is 4.88. The molecule has 0 saturated carbocycles. The number of carbonyl (C=O) groups excluding carboxylic acids is 2.